The molecule has 0 aromatic heterocycles. The van der Waals surface area contributed by atoms with Crippen molar-refractivity contribution in [2.75, 3.05) is 25.8 Å². The third-order valence-electron chi connectivity index (χ3n) is 4.90. The number of hydrogen-bond donors (Lipinski definition) is 2. The van der Waals surface area contributed by atoms with Crippen molar-refractivity contribution in [2.45, 2.75) is 38.6 Å². The zero-order valence-corrected chi connectivity index (χ0v) is 13.7. The molecule has 1 heterocycles. The van der Waals surface area contributed by atoms with E-state index in [0.717, 1.165) is 42.7 Å². The summed E-state index contributed by atoms with van der Waals surface area (Å²) in [4.78, 5) is 14.3. The van der Waals surface area contributed by atoms with E-state index in [0.29, 0.717) is 11.7 Å². The summed E-state index contributed by atoms with van der Waals surface area (Å²) >= 11 is 0. The van der Waals surface area contributed by atoms with Crippen LogP contribution in [0.25, 0.3) is 0 Å². The third-order valence-corrected chi connectivity index (χ3v) is 4.90. The maximum Gasteiger partial charge on any atom is 0.321 e. The van der Waals surface area contributed by atoms with E-state index in [1.165, 1.54) is 0 Å². The van der Waals surface area contributed by atoms with Gasteiger partial charge in [0, 0.05) is 31.5 Å². The van der Waals surface area contributed by atoms with Gasteiger partial charge in [-0.2, -0.15) is 0 Å². The van der Waals surface area contributed by atoms with Crippen LogP contribution in [0.5, 0.6) is 11.5 Å². The summed E-state index contributed by atoms with van der Waals surface area (Å²) in [6.45, 7) is 2.41. The molecule has 6 heteroatoms. The van der Waals surface area contributed by atoms with Crippen LogP contribution in [0.2, 0.25) is 0 Å². The number of aryl methyl sites for hydroxylation is 1. The van der Waals surface area contributed by atoms with Gasteiger partial charge in [-0.15, -0.1) is 0 Å². The van der Waals surface area contributed by atoms with Crippen molar-refractivity contribution in [1.29, 1.82) is 0 Å². The summed E-state index contributed by atoms with van der Waals surface area (Å²) in [5.74, 6) is 1.77. The first-order valence-corrected chi connectivity index (χ1v) is 8.13. The predicted molar refractivity (Wildman–Crippen MR) is 86.9 cm³/mol. The van der Waals surface area contributed by atoms with Gasteiger partial charge in [-0.25, -0.2) is 4.79 Å². The normalized spacial score (nSPS) is 22.7. The molecule has 0 atom stereocenters. The number of anilines is 1. The molecule has 0 unspecified atom stereocenters. The molecular weight excluding hydrogens is 296 g/mol. The van der Waals surface area contributed by atoms with Gasteiger partial charge in [0.15, 0.2) is 11.5 Å². The minimum absolute atomic E-state index is 0.112. The summed E-state index contributed by atoms with van der Waals surface area (Å²) in [6, 6.07) is 3.81. The van der Waals surface area contributed by atoms with E-state index in [9.17, 15) is 9.90 Å². The molecule has 2 N–H and O–H groups in total. The van der Waals surface area contributed by atoms with Crippen LogP contribution in [0, 0.1) is 12.8 Å². The number of benzene rings is 1. The number of rotatable bonds is 3. The fourth-order valence-corrected chi connectivity index (χ4v) is 3.26. The number of aliphatic hydroxyl groups excluding tert-OH is 1. The van der Waals surface area contributed by atoms with Crippen molar-refractivity contribution in [3.8, 4) is 11.5 Å². The van der Waals surface area contributed by atoms with Crippen molar-refractivity contribution < 1.29 is 19.4 Å². The molecule has 1 aliphatic carbocycles. The van der Waals surface area contributed by atoms with Crippen molar-refractivity contribution in [2.24, 2.45) is 5.92 Å². The van der Waals surface area contributed by atoms with Gasteiger partial charge in [0.05, 0.1) is 0 Å². The predicted octanol–water partition coefficient (Wildman–Crippen LogP) is 2.74. The van der Waals surface area contributed by atoms with Crippen LogP contribution in [0.15, 0.2) is 12.1 Å². The van der Waals surface area contributed by atoms with Crippen LogP contribution in [0.3, 0.4) is 0 Å². The largest absolute Gasteiger partial charge is 0.454 e. The SMILES string of the molecule is Cc1cc2c(cc1NC(=O)N(C)C1CCC(CO)CC1)OCO2. The van der Waals surface area contributed by atoms with E-state index in [4.69, 9.17) is 9.47 Å². The molecule has 2 amide bonds. The van der Waals surface area contributed by atoms with E-state index in [2.05, 4.69) is 5.32 Å². The summed E-state index contributed by atoms with van der Waals surface area (Å²) in [6.07, 6.45) is 3.83. The topological polar surface area (TPSA) is 71.0 Å². The van der Waals surface area contributed by atoms with Crippen LogP contribution in [0.4, 0.5) is 10.5 Å². The smallest absolute Gasteiger partial charge is 0.321 e. The quantitative estimate of drug-likeness (QED) is 0.898. The average molecular weight is 320 g/mol. The molecule has 6 nitrogen and oxygen atoms in total. The number of nitrogens with zero attached hydrogens (tertiary/aromatic N) is 1. The number of amides is 2. The van der Waals surface area contributed by atoms with Crippen LogP contribution in [-0.2, 0) is 0 Å². The highest BCUT2D eigenvalue weighted by atomic mass is 16.7. The van der Waals surface area contributed by atoms with E-state index in [1.807, 2.05) is 26.1 Å². The molecule has 1 saturated carbocycles. The first-order chi connectivity index (χ1) is 11.1. The number of carbonyl (C=O) groups is 1. The first kappa shape index (κ1) is 15.9. The molecule has 0 saturated heterocycles. The number of aliphatic hydroxyl groups is 1. The Hall–Kier alpha value is -1.95. The Bertz CT molecular complexity index is 582. The van der Waals surface area contributed by atoms with Gasteiger partial charge < -0.3 is 24.8 Å². The second kappa shape index (κ2) is 6.66. The minimum Gasteiger partial charge on any atom is -0.454 e. The van der Waals surface area contributed by atoms with Gasteiger partial charge in [0.1, 0.15) is 0 Å². The lowest BCUT2D eigenvalue weighted by atomic mass is 9.86. The van der Waals surface area contributed by atoms with Gasteiger partial charge in [-0.05, 0) is 50.2 Å². The zero-order chi connectivity index (χ0) is 16.4. The number of nitrogens with one attached hydrogen (secondary N) is 1. The Balaban J connectivity index is 1.63. The van der Waals surface area contributed by atoms with Gasteiger partial charge in [0.25, 0.3) is 0 Å². The second-order valence-electron chi connectivity index (χ2n) is 6.42. The fourth-order valence-electron chi connectivity index (χ4n) is 3.26. The molecule has 3 rings (SSSR count). The molecule has 23 heavy (non-hydrogen) atoms. The molecule has 0 spiro atoms. The van der Waals surface area contributed by atoms with E-state index in [-0.39, 0.29) is 25.5 Å². The van der Waals surface area contributed by atoms with E-state index >= 15 is 0 Å². The Morgan fingerprint density at radius 1 is 1.26 bits per heavy atom. The molecular formula is C17H24N2O4. The number of ether oxygens (including phenoxy) is 2. The fraction of sp³-hybridized carbons (Fsp3) is 0.588. The molecule has 0 radical (unpaired) electrons. The summed E-state index contributed by atoms with van der Waals surface area (Å²) in [5, 5.41) is 12.2. The third kappa shape index (κ3) is 3.37. The van der Waals surface area contributed by atoms with Gasteiger partial charge in [-0.1, -0.05) is 0 Å². The van der Waals surface area contributed by atoms with Crippen LogP contribution >= 0.6 is 0 Å². The maximum atomic E-state index is 12.5. The van der Waals surface area contributed by atoms with Gasteiger partial charge in [-0.3, -0.25) is 0 Å². The van der Waals surface area contributed by atoms with Crippen molar-refractivity contribution in [3.63, 3.8) is 0 Å². The molecule has 1 aromatic carbocycles. The monoisotopic (exact) mass is 320 g/mol. The average Bonchev–Trinajstić information content (AvgIpc) is 3.01. The molecule has 1 aromatic rings. The zero-order valence-electron chi connectivity index (χ0n) is 13.7. The van der Waals surface area contributed by atoms with Gasteiger partial charge >= 0.3 is 6.03 Å². The Kier molecular flexibility index (Phi) is 4.61. The molecule has 1 aliphatic heterocycles. The Morgan fingerprint density at radius 3 is 2.57 bits per heavy atom. The lowest BCUT2D eigenvalue weighted by Crippen LogP contribution is -2.42. The minimum atomic E-state index is -0.112. The lowest BCUT2D eigenvalue weighted by Gasteiger charge is -2.34. The highest BCUT2D eigenvalue weighted by Gasteiger charge is 2.26. The number of fused-ring (bicyclic) bond motifs is 1. The molecule has 1 fully saturated rings. The van der Waals surface area contributed by atoms with Crippen LogP contribution in [-0.4, -0.2) is 42.5 Å². The number of urea groups is 1. The Labute approximate surface area is 136 Å². The van der Waals surface area contributed by atoms with Crippen molar-refractivity contribution >= 4 is 11.7 Å². The van der Waals surface area contributed by atoms with E-state index in [1.54, 1.807) is 4.90 Å². The second-order valence-corrected chi connectivity index (χ2v) is 6.42. The molecule has 0 bridgehead atoms. The number of hydrogen-bond acceptors (Lipinski definition) is 4. The molecule has 126 valence electrons. The molecule has 2 aliphatic rings. The summed E-state index contributed by atoms with van der Waals surface area (Å²) in [5.41, 5.74) is 1.69. The standard InChI is InChI=1S/C17H24N2O4/c1-11-7-15-16(23-10-22-15)8-14(11)18-17(21)19(2)13-5-3-12(9-20)4-6-13/h7-8,12-13,20H,3-6,9-10H2,1-2H3,(H,18,21). The van der Waals surface area contributed by atoms with Crippen molar-refractivity contribution in [1.82, 2.24) is 4.90 Å². The van der Waals surface area contributed by atoms with Crippen LogP contribution in [0.1, 0.15) is 31.2 Å². The maximum absolute atomic E-state index is 12.5. The number of carbonyl (C=O) groups excluding carboxylic acids is 1. The highest BCUT2D eigenvalue weighted by Crippen LogP contribution is 2.37. The van der Waals surface area contributed by atoms with Gasteiger partial charge in [0.2, 0.25) is 6.79 Å². The first-order valence-electron chi connectivity index (χ1n) is 8.13. The van der Waals surface area contributed by atoms with Crippen molar-refractivity contribution in [3.05, 3.63) is 17.7 Å². The van der Waals surface area contributed by atoms with E-state index < -0.39 is 0 Å². The van der Waals surface area contributed by atoms with Crippen LogP contribution < -0.4 is 14.8 Å². The highest BCUT2D eigenvalue weighted by molar-refractivity contribution is 5.90. The summed E-state index contributed by atoms with van der Waals surface area (Å²) < 4.78 is 10.7. The lowest BCUT2D eigenvalue weighted by molar-refractivity contribution is 0.139. The summed E-state index contributed by atoms with van der Waals surface area (Å²) in [7, 11) is 1.83. The Morgan fingerprint density at radius 2 is 1.91 bits per heavy atom.